The maximum absolute atomic E-state index is 12.5. The van der Waals surface area contributed by atoms with Crippen molar-refractivity contribution in [2.45, 2.75) is 51.5 Å². The van der Waals surface area contributed by atoms with E-state index in [4.69, 9.17) is 9.84 Å². The molecule has 1 saturated carbocycles. The SMILES string of the molecule is CC(CCCC(C)C(=O)O)NC(=O)[C@@H]1C[C@@H]1CNC(=O)OCC1c2ccccc2-c2ccccc21. The molecule has 4 rings (SSSR count). The smallest absolute Gasteiger partial charge is 0.407 e. The molecular weight excluding hydrogens is 444 g/mol. The van der Waals surface area contributed by atoms with E-state index in [9.17, 15) is 14.4 Å². The molecule has 2 aliphatic carbocycles. The number of hydrogen-bond donors (Lipinski definition) is 3. The second kappa shape index (κ2) is 10.9. The van der Waals surface area contributed by atoms with Gasteiger partial charge in [-0.15, -0.1) is 0 Å². The fourth-order valence-corrected chi connectivity index (χ4v) is 4.93. The third-order valence-electron chi connectivity index (χ3n) is 7.20. The zero-order valence-corrected chi connectivity index (χ0v) is 20.3. The maximum Gasteiger partial charge on any atom is 0.407 e. The Balaban J connectivity index is 1.16. The van der Waals surface area contributed by atoms with Crippen LogP contribution in [0.25, 0.3) is 11.1 Å². The molecule has 2 aromatic carbocycles. The van der Waals surface area contributed by atoms with Gasteiger partial charge in [0.1, 0.15) is 6.61 Å². The highest BCUT2D eigenvalue weighted by Crippen LogP contribution is 2.44. The number of amides is 2. The van der Waals surface area contributed by atoms with Crippen LogP contribution in [-0.2, 0) is 14.3 Å². The molecule has 2 unspecified atom stereocenters. The number of aliphatic carboxylic acids is 1. The van der Waals surface area contributed by atoms with E-state index in [1.165, 1.54) is 22.3 Å². The molecule has 0 aliphatic heterocycles. The molecule has 7 heteroatoms. The third-order valence-corrected chi connectivity index (χ3v) is 7.20. The molecule has 2 amide bonds. The quantitative estimate of drug-likeness (QED) is 0.439. The molecule has 7 nitrogen and oxygen atoms in total. The Morgan fingerprint density at radius 3 is 2.26 bits per heavy atom. The molecular formula is C28H34N2O5. The van der Waals surface area contributed by atoms with Crippen molar-refractivity contribution in [3.8, 4) is 11.1 Å². The summed E-state index contributed by atoms with van der Waals surface area (Å²) in [6, 6.07) is 16.4. The molecule has 3 N–H and O–H groups in total. The van der Waals surface area contributed by atoms with Gasteiger partial charge in [-0.25, -0.2) is 4.79 Å². The number of carboxylic acids is 1. The van der Waals surface area contributed by atoms with Gasteiger partial charge in [-0.3, -0.25) is 9.59 Å². The van der Waals surface area contributed by atoms with Gasteiger partial charge in [-0.1, -0.05) is 61.9 Å². The molecule has 0 spiro atoms. The second-order valence-corrected chi connectivity index (χ2v) is 9.89. The van der Waals surface area contributed by atoms with Gasteiger partial charge >= 0.3 is 12.1 Å². The van der Waals surface area contributed by atoms with E-state index >= 15 is 0 Å². The molecule has 2 aromatic rings. The summed E-state index contributed by atoms with van der Waals surface area (Å²) in [4.78, 5) is 35.7. The Hall–Kier alpha value is -3.35. The highest BCUT2D eigenvalue weighted by molar-refractivity contribution is 5.82. The highest BCUT2D eigenvalue weighted by Gasteiger charge is 2.43. The molecule has 0 radical (unpaired) electrons. The Morgan fingerprint density at radius 1 is 1.00 bits per heavy atom. The van der Waals surface area contributed by atoms with Gasteiger partial charge in [-0.2, -0.15) is 0 Å². The first-order chi connectivity index (χ1) is 16.8. The van der Waals surface area contributed by atoms with Crippen LogP contribution in [0.4, 0.5) is 4.79 Å². The first-order valence-electron chi connectivity index (χ1n) is 12.5. The lowest BCUT2D eigenvalue weighted by atomic mass is 9.98. The Kier molecular flexibility index (Phi) is 7.73. The average molecular weight is 479 g/mol. The Morgan fingerprint density at radius 2 is 1.63 bits per heavy atom. The molecule has 4 atom stereocenters. The average Bonchev–Trinajstić information content (AvgIpc) is 3.56. The molecule has 1 fully saturated rings. The minimum absolute atomic E-state index is 0.000152. The van der Waals surface area contributed by atoms with Gasteiger partial charge in [0.2, 0.25) is 5.91 Å². The van der Waals surface area contributed by atoms with Gasteiger partial charge in [0.15, 0.2) is 0 Å². The zero-order valence-electron chi connectivity index (χ0n) is 20.3. The third kappa shape index (κ3) is 6.02. The van der Waals surface area contributed by atoms with Crippen LogP contribution in [0.15, 0.2) is 48.5 Å². The standard InChI is InChI=1S/C28H34N2O5/c1-17(27(32)33)8-7-9-18(2)30-26(31)24-14-19(24)15-29-28(34)35-16-25-22-12-5-3-10-20(22)21-11-4-6-13-23(21)25/h3-6,10-13,17-19,24-25H,7-9,14-16H2,1-2H3,(H,29,34)(H,30,31)(H,32,33)/t17?,18?,19-,24-/m1/s1. The fraction of sp³-hybridized carbons (Fsp3) is 0.464. The number of alkyl carbamates (subject to hydrolysis) is 1. The van der Waals surface area contributed by atoms with Crippen LogP contribution in [-0.4, -0.2) is 42.3 Å². The van der Waals surface area contributed by atoms with E-state index in [0.29, 0.717) is 13.0 Å². The number of carbonyl (C=O) groups is 3. The predicted octanol–water partition coefficient (Wildman–Crippen LogP) is 4.56. The van der Waals surface area contributed by atoms with Gasteiger partial charge in [0.05, 0.1) is 5.92 Å². The van der Waals surface area contributed by atoms with Gasteiger partial charge in [0, 0.05) is 24.4 Å². The highest BCUT2D eigenvalue weighted by atomic mass is 16.5. The van der Waals surface area contributed by atoms with Crippen molar-refractivity contribution in [1.82, 2.24) is 10.6 Å². The van der Waals surface area contributed by atoms with E-state index in [1.54, 1.807) is 6.92 Å². The number of hydrogen-bond acceptors (Lipinski definition) is 4. The Labute approximate surface area is 206 Å². The normalized spacial score (nSPS) is 19.7. The number of fused-ring (bicyclic) bond motifs is 3. The van der Waals surface area contributed by atoms with Crippen LogP contribution < -0.4 is 10.6 Å². The molecule has 186 valence electrons. The molecule has 0 saturated heterocycles. The van der Waals surface area contributed by atoms with Crippen LogP contribution >= 0.6 is 0 Å². The van der Waals surface area contributed by atoms with Crippen LogP contribution in [0.5, 0.6) is 0 Å². The second-order valence-electron chi connectivity index (χ2n) is 9.89. The van der Waals surface area contributed by atoms with E-state index in [0.717, 1.165) is 19.3 Å². The van der Waals surface area contributed by atoms with Crippen molar-refractivity contribution in [2.24, 2.45) is 17.8 Å². The van der Waals surface area contributed by atoms with Crippen molar-refractivity contribution >= 4 is 18.0 Å². The lowest BCUT2D eigenvalue weighted by molar-refractivity contribution is -0.141. The van der Waals surface area contributed by atoms with Gasteiger partial charge < -0.3 is 20.5 Å². The largest absolute Gasteiger partial charge is 0.481 e. The number of ether oxygens (including phenoxy) is 1. The monoisotopic (exact) mass is 478 g/mol. The number of rotatable bonds is 11. The molecule has 0 heterocycles. The van der Waals surface area contributed by atoms with Crippen molar-refractivity contribution in [3.05, 3.63) is 59.7 Å². The lowest BCUT2D eigenvalue weighted by Gasteiger charge is -2.15. The van der Waals surface area contributed by atoms with E-state index in [-0.39, 0.29) is 42.2 Å². The summed E-state index contributed by atoms with van der Waals surface area (Å²) < 4.78 is 5.57. The summed E-state index contributed by atoms with van der Waals surface area (Å²) in [7, 11) is 0. The van der Waals surface area contributed by atoms with Crippen LogP contribution in [0, 0.1) is 17.8 Å². The minimum atomic E-state index is -0.786. The zero-order chi connectivity index (χ0) is 24.9. The van der Waals surface area contributed by atoms with Crippen LogP contribution in [0.2, 0.25) is 0 Å². The minimum Gasteiger partial charge on any atom is -0.481 e. The summed E-state index contributed by atoms with van der Waals surface area (Å²) in [6.07, 6.45) is 2.40. The van der Waals surface area contributed by atoms with E-state index in [2.05, 4.69) is 34.9 Å². The predicted molar refractivity (Wildman–Crippen MR) is 133 cm³/mol. The van der Waals surface area contributed by atoms with Crippen molar-refractivity contribution in [1.29, 1.82) is 0 Å². The number of carbonyl (C=O) groups excluding carboxylic acids is 2. The first-order valence-corrected chi connectivity index (χ1v) is 12.5. The van der Waals surface area contributed by atoms with E-state index in [1.807, 2.05) is 31.2 Å². The molecule has 35 heavy (non-hydrogen) atoms. The van der Waals surface area contributed by atoms with E-state index < -0.39 is 12.1 Å². The van der Waals surface area contributed by atoms with Crippen LogP contribution in [0.1, 0.15) is 56.6 Å². The topological polar surface area (TPSA) is 105 Å². The van der Waals surface area contributed by atoms with Crippen molar-refractivity contribution in [3.63, 3.8) is 0 Å². The lowest BCUT2D eigenvalue weighted by Crippen LogP contribution is -2.35. The maximum atomic E-state index is 12.5. The molecule has 0 aromatic heterocycles. The number of benzene rings is 2. The molecule has 2 aliphatic rings. The van der Waals surface area contributed by atoms with Crippen LogP contribution in [0.3, 0.4) is 0 Å². The van der Waals surface area contributed by atoms with Crippen molar-refractivity contribution in [2.75, 3.05) is 13.2 Å². The summed E-state index contributed by atoms with van der Waals surface area (Å²) in [5, 5.41) is 14.8. The number of carboxylic acid groups (broad SMARTS) is 1. The molecule has 0 bridgehead atoms. The van der Waals surface area contributed by atoms with Crippen molar-refractivity contribution < 1.29 is 24.2 Å². The summed E-state index contributed by atoms with van der Waals surface area (Å²) in [5.74, 6) is -1.10. The first kappa shape index (κ1) is 24.8. The Bertz CT molecular complexity index is 1040. The summed E-state index contributed by atoms with van der Waals surface area (Å²) in [5.41, 5.74) is 4.73. The summed E-state index contributed by atoms with van der Waals surface area (Å²) in [6.45, 7) is 4.32. The van der Waals surface area contributed by atoms with Gasteiger partial charge in [-0.05, 0) is 54.4 Å². The summed E-state index contributed by atoms with van der Waals surface area (Å²) >= 11 is 0. The fourth-order valence-electron chi connectivity index (χ4n) is 4.93. The number of nitrogens with one attached hydrogen (secondary N) is 2. The van der Waals surface area contributed by atoms with Gasteiger partial charge in [0.25, 0.3) is 0 Å².